The molecule has 0 aromatic heterocycles. The summed E-state index contributed by atoms with van der Waals surface area (Å²) < 4.78 is 11.7. The van der Waals surface area contributed by atoms with Gasteiger partial charge in [-0.2, -0.15) is 5.06 Å². The molecule has 1 saturated carbocycles. The van der Waals surface area contributed by atoms with Crippen molar-refractivity contribution >= 4 is 11.6 Å². The molecular formula is C20H26N2O4. The normalized spacial score (nSPS) is 40.2. The average molecular weight is 358 g/mol. The third-order valence-electron chi connectivity index (χ3n) is 7.17. The first-order valence-corrected chi connectivity index (χ1v) is 9.58. The van der Waals surface area contributed by atoms with Crippen molar-refractivity contribution < 1.29 is 19.1 Å². The first kappa shape index (κ1) is 16.5. The van der Waals surface area contributed by atoms with Gasteiger partial charge >= 0.3 is 0 Å². The molecule has 1 N–H and O–H groups in total. The smallest absolute Gasteiger partial charge is 0.264 e. The summed E-state index contributed by atoms with van der Waals surface area (Å²) in [5.41, 5.74) is 1.13. The van der Waals surface area contributed by atoms with Gasteiger partial charge in [0, 0.05) is 24.1 Å². The second-order valence-corrected chi connectivity index (χ2v) is 8.01. The summed E-state index contributed by atoms with van der Waals surface area (Å²) in [5, 5.41) is 5.25. The van der Waals surface area contributed by atoms with Gasteiger partial charge in [0.05, 0.1) is 32.6 Å². The van der Waals surface area contributed by atoms with Crippen LogP contribution in [0, 0.1) is 11.8 Å². The summed E-state index contributed by atoms with van der Waals surface area (Å²) in [4.78, 5) is 19.1. The Morgan fingerprint density at radius 2 is 2.19 bits per heavy atom. The van der Waals surface area contributed by atoms with E-state index in [-0.39, 0.29) is 12.0 Å². The third kappa shape index (κ3) is 1.90. The molecule has 0 radical (unpaired) electrons. The minimum Gasteiger partial charge on any atom is -0.497 e. The van der Waals surface area contributed by atoms with Crippen LogP contribution in [-0.2, 0) is 19.8 Å². The summed E-state index contributed by atoms with van der Waals surface area (Å²) in [7, 11) is 3.18. The maximum atomic E-state index is 13.6. The number of carbonyl (C=O) groups is 1. The molecule has 6 rings (SSSR count). The van der Waals surface area contributed by atoms with Crippen LogP contribution in [0.4, 0.5) is 5.69 Å². The molecule has 1 spiro atoms. The van der Waals surface area contributed by atoms with Gasteiger partial charge in [-0.3, -0.25) is 9.63 Å². The van der Waals surface area contributed by atoms with E-state index in [2.05, 4.69) is 12.2 Å². The molecule has 4 heterocycles. The fourth-order valence-corrected chi connectivity index (χ4v) is 5.97. The monoisotopic (exact) mass is 358 g/mol. The molecule has 4 aliphatic heterocycles. The zero-order valence-corrected chi connectivity index (χ0v) is 15.5. The van der Waals surface area contributed by atoms with Crippen molar-refractivity contribution in [3.8, 4) is 5.75 Å². The van der Waals surface area contributed by atoms with Crippen LogP contribution >= 0.6 is 0 Å². The van der Waals surface area contributed by atoms with Crippen LogP contribution in [0.15, 0.2) is 18.2 Å². The van der Waals surface area contributed by atoms with Gasteiger partial charge in [0.1, 0.15) is 11.2 Å². The number of nitrogens with one attached hydrogen (secondary N) is 1. The van der Waals surface area contributed by atoms with Gasteiger partial charge in [-0.1, -0.05) is 13.0 Å². The number of amides is 1. The van der Waals surface area contributed by atoms with E-state index in [4.69, 9.17) is 14.3 Å². The standard InChI is InChI=1S/C20H26N2O4/c1-4-15-12-8-18-20(9-16(21-15)13(12)10-26-18)14-6-5-11(24-2)7-17(14)22(25-3)19(20)23/h5-7,12-13,15-16,18,21H,4,8-10H2,1-3H3/t12-,13+,15-,16+,18-,20+/m1/s1. The largest absolute Gasteiger partial charge is 0.497 e. The average Bonchev–Trinajstić information content (AvgIpc) is 3.01. The maximum Gasteiger partial charge on any atom is 0.264 e. The predicted molar refractivity (Wildman–Crippen MR) is 96.1 cm³/mol. The highest BCUT2D eigenvalue weighted by Gasteiger charge is 2.64. The molecule has 5 aliphatic rings. The summed E-state index contributed by atoms with van der Waals surface area (Å²) >= 11 is 0. The lowest BCUT2D eigenvalue weighted by Crippen LogP contribution is -2.53. The van der Waals surface area contributed by atoms with Crippen LogP contribution in [0.5, 0.6) is 5.75 Å². The highest BCUT2D eigenvalue weighted by molar-refractivity contribution is 6.07. The van der Waals surface area contributed by atoms with Gasteiger partial charge in [0.25, 0.3) is 5.91 Å². The van der Waals surface area contributed by atoms with Crippen molar-refractivity contribution in [3.05, 3.63) is 23.8 Å². The Labute approximate surface area is 153 Å². The number of hydrogen-bond acceptors (Lipinski definition) is 5. The number of fused-ring (bicyclic) bond motifs is 2. The predicted octanol–water partition coefficient (Wildman–Crippen LogP) is 2.02. The van der Waals surface area contributed by atoms with E-state index < -0.39 is 5.41 Å². The van der Waals surface area contributed by atoms with Gasteiger partial charge in [0.15, 0.2) is 0 Å². The van der Waals surface area contributed by atoms with Gasteiger partial charge in [-0.05, 0) is 36.8 Å². The maximum absolute atomic E-state index is 13.6. The van der Waals surface area contributed by atoms with Gasteiger partial charge in [0.2, 0.25) is 0 Å². The van der Waals surface area contributed by atoms with Crippen LogP contribution in [0.25, 0.3) is 0 Å². The van der Waals surface area contributed by atoms with Crippen LogP contribution in [-0.4, -0.2) is 44.9 Å². The number of hydroxylamine groups is 1. The molecule has 0 unspecified atom stereocenters. The van der Waals surface area contributed by atoms with Crippen LogP contribution in [0.1, 0.15) is 31.7 Å². The van der Waals surface area contributed by atoms with Crippen molar-refractivity contribution in [2.24, 2.45) is 11.8 Å². The number of anilines is 1. The lowest BCUT2D eigenvalue weighted by atomic mass is 9.71. The Bertz CT molecular complexity index is 753. The zero-order chi connectivity index (χ0) is 18.1. The van der Waals surface area contributed by atoms with Gasteiger partial charge < -0.3 is 14.8 Å². The van der Waals surface area contributed by atoms with Crippen LogP contribution in [0.3, 0.4) is 0 Å². The number of ether oxygens (including phenoxy) is 2. The molecule has 1 aromatic carbocycles. The van der Waals surface area contributed by atoms with E-state index in [1.807, 2.05) is 18.2 Å². The summed E-state index contributed by atoms with van der Waals surface area (Å²) in [6.45, 7) is 2.99. The Balaban J connectivity index is 1.65. The molecule has 3 saturated heterocycles. The lowest BCUT2D eigenvalue weighted by molar-refractivity contribution is -0.138. The minimum atomic E-state index is -0.669. The fourth-order valence-electron chi connectivity index (χ4n) is 5.97. The number of nitrogens with zero attached hydrogens (tertiary/aromatic N) is 1. The SMILES string of the molecule is CC[C@H]1N[C@H]2C[C@@]3(C(=O)N(OC)c4cc(OC)ccc43)[C@H]3C[C@@H]1[C@@H]2CO3. The first-order chi connectivity index (χ1) is 12.6. The van der Waals surface area contributed by atoms with E-state index >= 15 is 0 Å². The molecule has 1 aliphatic carbocycles. The zero-order valence-electron chi connectivity index (χ0n) is 15.5. The Morgan fingerprint density at radius 1 is 1.35 bits per heavy atom. The van der Waals surface area contributed by atoms with E-state index in [0.717, 1.165) is 42.9 Å². The Morgan fingerprint density at radius 3 is 2.92 bits per heavy atom. The molecule has 1 amide bonds. The van der Waals surface area contributed by atoms with E-state index in [9.17, 15) is 4.79 Å². The molecule has 4 fully saturated rings. The minimum absolute atomic E-state index is 0.00342. The lowest BCUT2D eigenvalue weighted by Gasteiger charge is -2.40. The fraction of sp³-hybridized carbons (Fsp3) is 0.650. The second kappa shape index (κ2) is 5.68. The van der Waals surface area contributed by atoms with Gasteiger partial charge in [-0.25, -0.2) is 0 Å². The molecular weight excluding hydrogens is 332 g/mol. The summed E-state index contributed by atoms with van der Waals surface area (Å²) in [5.74, 6) is 1.81. The number of rotatable bonds is 3. The van der Waals surface area contributed by atoms with Crippen LogP contribution < -0.4 is 15.1 Å². The third-order valence-corrected chi connectivity index (χ3v) is 7.17. The van der Waals surface area contributed by atoms with Crippen molar-refractivity contribution in [1.29, 1.82) is 0 Å². The van der Waals surface area contributed by atoms with Crippen LogP contribution in [0.2, 0.25) is 0 Å². The second-order valence-electron chi connectivity index (χ2n) is 8.01. The molecule has 6 heteroatoms. The molecule has 6 atom stereocenters. The molecule has 140 valence electrons. The van der Waals surface area contributed by atoms with Crippen molar-refractivity contribution in [1.82, 2.24) is 5.32 Å². The van der Waals surface area contributed by atoms with Crippen molar-refractivity contribution in [2.45, 2.75) is 49.8 Å². The quantitative estimate of drug-likeness (QED) is 0.896. The Kier molecular flexibility index (Phi) is 3.61. The topological polar surface area (TPSA) is 60.0 Å². The molecule has 6 nitrogen and oxygen atoms in total. The number of carbonyl (C=O) groups excluding carboxylic acids is 1. The molecule has 26 heavy (non-hydrogen) atoms. The number of benzene rings is 1. The van der Waals surface area contributed by atoms with Crippen molar-refractivity contribution in [2.75, 3.05) is 25.9 Å². The Hall–Kier alpha value is -1.63. The van der Waals surface area contributed by atoms with E-state index in [0.29, 0.717) is 23.9 Å². The summed E-state index contributed by atoms with van der Waals surface area (Å²) in [6, 6.07) is 6.71. The molecule has 1 aromatic rings. The number of methoxy groups -OCH3 is 1. The van der Waals surface area contributed by atoms with E-state index in [1.165, 1.54) is 5.06 Å². The first-order valence-electron chi connectivity index (χ1n) is 9.58. The highest BCUT2D eigenvalue weighted by atomic mass is 16.7. The highest BCUT2D eigenvalue weighted by Crippen LogP contribution is 2.57. The number of hydrogen-bond donors (Lipinski definition) is 1. The van der Waals surface area contributed by atoms with Gasteiger partial charge in [-0.15, -0.1) is 0 Å². The molecule has 4 bridgehead atoms. The van der Waals surface area contributed by atoms with Crippen molar-refractivity contribution in [3.63, 3.8) is 0 Å². The van der Waals surface area contributed by atoms with E-state index in [1.54, 1.807) is 14.2 Å². The summed E-state index contributed by atoms with van der Waals surface area (Å²) in [6.07, 6.45) is 2.74.